The molecule has 1 saturated carbocycles. The number of piperazine rings is 1. The smallest absolute Gasteiger partial charge is 0.246 e. The Kier molecular flexibility index (Phi) is 4.34. The monoisotopic (exact) mass is 264 g/mol. The molecule has 0 aromatic carbocycles. The molecule has 3 heteroatoms. The van der Waals surface area contributed by atoms with Gasteiger partial charge in [-0.1, -0.05) is 40.2 Å². The van der Waals surface area contributed by atoms with E-state index in [4.69, 9.17) is 0 Å². The Morgan fingerprint density at radius 1 is 1.26 bits per heavy atom. The predicted molar refractivity (Wildman–Crippen MR) is 78.9 cm³/mol. The highest BCUT2D eigenvalue weighted by atomic mass is 16.2. The third-order valence-corrected chi connectivity index (χ3v) is 4.49. The van der Waals surface area contributed by atoms with Gasteiger partial charge >= 0.3 is 0 Å². The van der Waals surface area contributed by atoms with Crippen LogP contribution in [-0.4, -0.2) is 47.9 Å². The molecule has 1 amide bonds. The summed E-state index contributed by atoms with van der Waals surface area (Å²) in [7, 11) is 0. The first kappa shape index (κ1) is 14.6. The van der Waals surface area contributed by atoms with E-state index >= 15 is 0 Å². The van der Waals surface area contributed by atoms with Gasteiger partial charge in [0.1, 0.15) is 0 Å². The minimum atomic E-state index is 0.0779. The fraction of sp³-hybridized carbons (Fsp3) is 0.812. The number of hydrogen-bond donors (Lipinski definition) is 0. The van der Waals surface area contributed by atoms with Crippen LogP contribution in [0.15, 0.2) is 12.7 Å². The van der Waals surface area contributed by atoms with Crippen molar-refractivity contribution in [3.05, 3.63) is 12.7 Å². The molecule has 3 nitrogen and oxygen atoms in total. The van der Waals surface area contributed by atoms with Crippen molar-refractivity contribution in [3.8, 4) is 0 Å². The standard InChI is InChI=1S/C16H28N2O/c1-5-15(19)18-10-8-17(9-11-18)14(16(2,3)4)12-13-6-7-13/h5,13-14H,1,6-12H2,2-4H3. The molecular formula is C16H28N2O. The molecule has 1 unspecified atom stereocenters. The van der Waals surface area contributed by atoms with E-state index in [1.807, 2.05) is 4.90 Å². The van der Waals surface area contributed by atoms with Gasteiger partial charge in [0.2, 0.25) is 5.91 Å². The molecule has 0 radical (unpaired) electrons. The number of rotatable bonds is 4. The highest BCUT2D eigenvalue weighted by Gasteiger charge is 2.37. The minimum absolute atomic E-state index is 0.0779. The zero-order chi connectivity index (χ0) is 14.0. The number of nitrogens with zero attached hydrogens (tertiary/aromatic N) is 2. The van der Waals surface area contributed by atoms with Crippen molar-refractivity contribution in [1.82, 2.24) is 9.80 Å². The van der Waals surface area contributed by atoms with Gasteiger partial charge in [0.25, 0.3) is 0 Å². The molecule has 108 valence electrons. The number of carbonyl (C=O) groups is 1. The molecule has 0 N–H and O–H groups in total. The SMILES string of the molecule is C=CC(=O)N1CCN(C(CC2CC2)C(C)(C)C)CC1. The van der Waals surface area contributed by atoms with Crippen molar-refractivity contribution >= 4 is 5.91 Å². The summed E-state index contributed by atoms with van der Waals surface area (Å²) < 4.78 is 0. The predicted octanol–water partition coefficient (Wildman–Crippen LogP) is 2.53. The normalized spacial score (nSPS) is 23.2. The Hall–Kier alpha value is -0.830. The fourth-order valence-electron chi connectivity index (χ4n) is 3.10. The zero-order valence-electron chi connectivity index (χ0n) is 12.7. The van der Waals surface area contributed by atoms with Gasteiger partial charge in [0.05, 0.1) is 0 Å². The van der Waals surface area contributed by atoms with Crippen molar-refractivity contribution in [2.45, 2.75) is 46.1 Å². The first-order chi connectivity index (χ1) is 8.91. The zero-order valence-corrected chi connectivity index (χ0v) is 12.7. The van der Waals surface area contributed by atoms with E-state index in [0.717, 1.165) is 32.1 Å². The van der Waals surface area contributed by atoms with Crippen molar-refractivity contribution in [2.75, 3.05) is 26.2 Å². The van der Waals surface area contributed by atoms with E-state index in [2.05, 4.69) is 32.3 Å². The summed E-state index contributed by atoms with van der Waals surface area (Å²) in [6.07, 6.45) is 5.60. The van der Waals surface area contributed by atoms with Gasteiger partial charge in [-0.15, -0.1) is 0 Å². The lowest BCUT2D eigenvalue weighted by Crippen LogP contribution is -2.55. The molecule has 2 fully saturated rings. The topological polar surface area (TPSA) is 23.6 Å². The second kappa shape index (κ2) is 5.66. The molecule has 2 rings (SSSR count). The highest BCUT2D eigenvalue weighted by Crippen LogP contribution is 2.39. The first-order valence-electron chi connectivity index (χ1n) is 7.57. The van der Waals surface area contributed by atoms with Crippen LogP contribution in [0.4, 0.5) is 0 Å². The first-order valence-corrected chi connectivity index (χ1v) is 7.57. The quantitative estimate of drug-likeness (QED) is 0.729. The van der Waals surface area contributed by atoms with Crippen molar-refractivity contribution in [1.29, 1.82) is 0 Å². The van der Waals surface area contributed by atoms with E-state index in [9.17, 15) is 4.79 Å². The molecule has 0 bridgehead atoms. The van der Waals surface area contributed by atoms with E-state index < -0.39 is 0 Å². The largest absolute Gasteiger partial charge is 0.337 e. The highest BCUT2D eigenvalue weighted by molar-refractivity contribution is 5.87. The van der Waals surface area contributed by atoms with Crippen LogP contribution >= 0.6 is 0 Å². The average molecular weight is 264 g/mol. The lowest BCUT2D eigenvalue weighted by atomic mass is 9.82. The van der Waals surface area contributed by atoms with Crippen LogP contribution in [0.5, 0.6) is 0 Å². The summed E-state index contributed by atoms with van der Waals surface area (Å²) in [5, 5.41) is 0. The molecule has 0 aromatic heterocycles. The van der Waals surface area contributed by atoms with Crippen LogP contribution in [0, 0.1) is 11.3 Å². The van der Waals surface area contributed by atoms with E-state index in [-0.39, 0.29) is 5.91 Å². The van der Waals surface area contributed by atoms with Gasteiger partial charge in [-0.05, 0) is 23.8 Å². The molecule has 1 atom stereocenters. The Morgan fingerprint density at radius 3 is 2.26 bits per heavy atom. The van der Waals surface area contributed by atoms with Crippen molar-refractivity contribution in [2.24, 2.45) is 11.3 Å². The molecule has 1 saturated heterocycles. The summed E-state index contributed by atoms with van der Waals surface area (Å²) >= 11 is 0. The summed E-state index contributed by atoms with van der Waals surface area (Å²) in [5.41, 5.74) is 0.327. The molecule has 0 spiro atoms. The Morgan fingerprint density at radius 2 is 1.84 bits per heavy atom. The molecule has 1 aliphatic carbocycles. The van der Waals surface area contributed by atoms with Crippen LogP contribution in [0.1, 0.15) is 40.0 Å². The van der Waals surface area contributed by atoms with E-state index in [1.165, 1.54) is 25.3 Å². The Bertz CT molecular complexity index is 333. The third kappa shape index (κ3) is 3.82. The minimum Gasteiger partial charge on any atom is -0.337 e. The molecular weight excluding hydrogens is 236 g/mol. The number of hydrogen-bond acceptors (Lipinski definition) is 2. The van der Waals surface area contributed by atoms with Gasteiger partial charge < -0.3 is 4.90 Å². The van der Waals surface area contributed by atoms with Crippen LogP contribution < -0.4 is 0 Å². The van der Waals surface area contributed by atoms with E-state index in [0.29, 0.717) is 11.5 Å². The van der Waals surface area contributed by atoms with Gasteiger partial charge in [-0.2, -0.15) is 0 Å². The average Bonchev–Trinajstić information content (AvgIpc) is 3.18. The maximum Gasteiger partial charge on any atom is 0.246 e. The second-order valence-electron chi connectivity index (χ2n) is 7.13. The Balaban J connectivity index is 1.93. The summed E-state index contributed by atoms with van der Waals surface area (Å²) in [4.78, 5) is 16.1. The van der Waals surface area contributed by atoms with E-state index in [1.54, 1.807) is 0 Å². The third-order valence-electron chi connectivity index (χ3n) is 4.49. The molecule has 0 aromatic rings. The number of amides is 1. The molecule has 19 heavy (non-hydrogen) atoms. The summed E-state index contributed by atoms with van der Waals surface area (Å²) in [6.45, 7) is 14.3. The van der Waals surface area contributed by atoms with Crippen LogP contribution in [0.2, 0.25) is 0 Å². The van der Waals surface area contributed by atoms with Gasteiger partial charge in [0.15, 0.2) is 0 Å². The molecule has 1 heterocycles. The van der Waals surface area contributed by atoms with Crippen LogP contribution in [0.25, 0.3) is 0 Å². The Labute approximate surface area is 117 Å². The number of carbonyl (C=O) groups excluding carboxylic acids is 1. The maximum atomic E-state index is 11.6. The summed E-state index contributed by atoms with van der Waals surface area (Å²) in [5.74, 6) is 1.03. The fourth-order valence-corrected chi connectivity index (χ4v) is 3.10. The summed E-state index contributed by atoms with van der Waals surface area (Å²) in [6, 6.07) is 0.654. The van der Waals surface area contributed by atoms with Crippen LogP contribution in [0.3, 0.4) is 0 Å². The van der Waals surface area contributed by atoms with Crippen LogP contribution in [-0.2, 0) is 4.79 Å². The lowest BCUT2D eigenvalue weighted by Gasteiger charge is -2.44. The second-order valence-corrected chi connectivity index (χ2v) is 7.13. The van der Waals surface area contributed by atoms with Gasteiger partial charge in [-0.3, -0.25) is 9.69 Å². The van der Waals surface area contributed by atoms with Gasteiger partial charge in [-0.25, -0.2) is 0 Å². The van der Waals surface area contributed by atoms with Crippen molar-refractivity contribution in [3.63, 3.8) is 0 Å². The van der Waals surface area contributed by atoms with Gasteiger partial charge in [0, 0.05) is 32.2 Å². The molecule has 1 aliphatic heterocycles. The van der Waals surface area contributed by atoms with Crippen molar-refractivity contribution < 1.29 is 4.79 Å². The maximum absolute atomic E-state index is 11.6. The lowest BCUT2D eigenvalue weighted by molar-refractivity contribution is -0.128. The molecule has 2 aliphatic rings.